The summed E-state index contributed by atoms with van der Waals surface area (Å²) in [7, 11) is 1.28. The van der Waals surface area contributed by atoms with Gasteiger partial charge in [-0.25, -0.2) is 0 Å². The molecule has 1 unspecified atom stereocenters. The van der Waals surface area contributed by atoms with Crippen LogP contribution in [0.1, 0.15) is 35.9 Å². The highest BCUT2D eigenvalue weighted by Gasteiger charge is 2.37. The number of carbonyl (C=O) groups is 2. The number of rotatable bonds is 4. The van der Waals surface area contributed by atoms with Crippen LogP contribution in [0.15, 0.2) is 24.3 Å². The summed E-state index contributed by atoms with van der Waals surface area (Å²) in [6.45, 7) is 3.19. The Labute approximate surface area is 100 Å². The molecule has 0 aliphatic rings. The molecule has 0 fully saturated rings. The van der Waals surface area contributed by atoms with Crippen LogP contribution >= 0.6 is 0 Å². The van der Waals surface area contributed by atoms with E-state index < -0.39 is 17.5 Å². The summed E-state index contributed by atoms with van der Waals surface area (Å²) >= 11 is 0. The molecule has 92 valence electrons. The quantitative estimate of drug-likeness (QED) is 0.638. The number of ether oxygens (including phenoxy) is 1. The number of aldehydes is 1. The molecular formula is C13H16O4. The van der Waals surface area contributed by atoms with E-state index in [1.807, 2.05) is 0 Å². The third kappa shape index (κ3) is 2.71. The Balaban J connectivity index is 3.06. The highest BCUT2D eigenvalue weighted by atomic mass is 16.5. The number of hydrogen-bond acceptors (Lipinski definition) is 4. The van der Waals surface area contributed by atoms with Crippen LogP contribution in [0.4, 0.5) is 0 Å². The molecule has 0 bridgehead atoms. The first-order valence-corrected chi connectivity index (χ1v) is 5.25. The minimum absolute atomic E-state index is 0.460. The van der Waals surface area contributed by atoms with Crippen molar-refractivity contribution in [2.75, 3.05) is 7.11 Å². The zero-order valence-corrected chi connectivity index (χ0v) is 10.1. The van der Waals surface area contributed by atoms with Crippen LogP contribution in [0.25, 0.3) is 0 Å². The van der Waals surface area contributed by atoms with Crippen molar-refractivity contribution in [2.45, 2.75) is 20.0 Å². The van der Waals surface area contributed by atoms with Gasteiger partial charge in [0.1, 0.15) is 6.29 Å². The molecule has 0 amide bonds. The lowest BCUT2D eigenvalue weighted by Crippen LogP contribution is -2.32. The lowest BCUT2D eigenvalue weighted by Gasteiger charge is -2.27. The molecule has 1 aromatic rings. The van der Waals surface area contributed by atoms with E-state index in [0.717, 1.165) is 0 Å². The lowest BCUT2D eigenvalue weighted by molar-refractivity contribution is -0.157. The van der Waals surface area contributed by atoms with Crippen LogP contribution in [-0.2, 0) is 9.53 Å². The van der Waals surface area contributed by atoms with Crippen molar-refractivity contribution in [3.05, 3.63) is 35.4 Å². The van der Waals surface area contributed by atoms with Gasteiger partial charge < -0.3 is 9.84 Å². The highest BCUT2D eigenvalue weighted by Crippen LogP contribution is 2.34. The van der Waals surface area contributed by atoms with Crippen molar-refractivity contribution >= 4 is 12.3 Å². The Kier molecular flexibility index (Phi) is 4.02. The first-order valence-electron chi connectivity index (χ1n) is 5.25. The maximum absolute atomic E-state index is 11.6. The van der Waals surface area contributed by atoms with Gasteiger partial charge in [0.25, 0.3) is 0 Å². The fraction of sp³-hybridized carbons (Fsp3) is 0.385. The van der Waals surface area contributed by atoms with E-state index in [1.165, 1.54) is 7.11 Å². The second kappa shape index (κ2) is 5.10. The van der Waals surface area contributed by atoms with Crippen molar-refractivity contribution in [3.63, 3.8) is 0 Å². The highest BCUT2D eigenvalue weighted by molar-refractivity contribution is 5.78. The Hall–Kier alpha value is -1.68. The zero-order chi connectivity index (χ0) is 13.1. The van der Waals surface area contributed by atoms with Crippen LogP contribution in [0, 0.1) is 5.41 Å². The molecule has 4 nitrogen and oxygen atoms in total. The molecular weight excluding hydrogens is 220 g/mol. The molecule has 0 saturated heterocycles. The predicted octanol–water partition coefficient (Wildman–Crippen LogP) is 1.73. The largest absolute Gasteiger partial charge is 0.469 e. The lowest BCUT2D eigenvalue weighted by atomic mass is 9.82. The predicted molar refractivity (Wildman–Crippen MR) is 62.6 cm³/mol. The molecule has 1 atom stereocenters. The van der Waals surface area contributed by atoms with E-state index in [4.69, 9.17) is 0 Å². The second-order valence-electron chi connectivity index (χ2n) is 4.40. The molecule has 0 spiro atoms. The molecule has 0 aliphatic carbocycles. The van der Waals surface area contributed by atoms with Crippen molar-refractivity contribution < 1.29 is 19.4 Å². The average Bonchev–Trinajstić information content (AvgIpc) is 2.36. The normalized spacial score (nSPS) is 12.9. The van der Waals surface area contributed by atoms with E-state index >= 15 is 0 Å². The maximum Gasteiger partial charge on any atom is 0.314 e. The number of aliphatic hydroxyl groups is 1. The van der Waals surface area contributed by atoms with Gasteiger partial charge in [-0.3, -0.25) is 9.59 Å². The van der Waals surface area contributed by atoms with Gasteiger partial charge in [-0.2, -0.15) is 0 Å². The van der Waals surface area contributed by atoms with E-state index in [9.17, 15) is 14.7 Å². The number of esters is 1. The molecule has 0 aromatic heterocycles. The van der Waals surface area contributed by atoms with Crippen LogP contribution in [0.3, 0.4) is 0 Å². The van der Waals surface area contributed by atoms with Crippen LogP contribution in [-0.4, -0.2) is 24.5 Å². The van der Waals surface area contributed by atoms with E-state index in [0.29, 0.717) is 17.4 Å². The van der Waals surface area contributed by atoms with E-state index in [2.05, 4.69) is 4.74 Å². The van der Waals surface area contributed by atoms with Gasteiger partial charge in [-0.1, -0.05) is 18.2 Å². The Morgan fingerprint density at radius 3 is 2.65 bits per heavy atom. The van der Waals surface area contributed by atoms with Crippen LogP contribution < -0.4 is 0 Å². The summed E-state index contributed by atoms with van der Waals surface area (Å²) in [5.74, 6) is -0.499. The minimum Gasteiger partial charge on any atom is -0.469 e. The van der Waals surface area contributed by atoms with Crippen LogP contribution in [0.5, 0.6) is 0 Å². The number of benzene rings is 1. The minimum atomic E-state index is -1.06. The van der Waals surface area contributed by atoms with Crippen molar-refractivity contribution in [2.24, 2.45) is 5.41 Å². The number of carbonyl (C=O) groups excluding carboxylic acids is 2. The SMILES string of the molecule is COC(=O)C(C)(C)C(O)c1cccc(C=O)c1. The molecule has 17 heavy (non-hydrogen) atoms. The Morgan fingerprint density at radius 2 is 2.12 bits per heavy atom. The molecule has 1 N–H and O–H groups in total. The van der Waals surface area contributed by atoms with Crippen molar-refractivity contribution in [3.8, 4) is 0 Å². The molecule has 0 saturated carbocycles. The first-order chi connectivity index (χ1) is 7.93. The maximum atomic E-state index is 11.6. The average molecular weight is 236 g/mol. The van der Waals surface area contributed by atoms with Gasteiger partial charge >= 0.3 is 5.97 Å². The monoisotopic (exact) mass is 236 g/mol. The second-order valence-corrected chi connectivity index (χ2v) is 4.40. The van der Waals surface area contributed by atoms with Gasteiger partial charge in [0.2, 0.25) is 0 Å². The number of methoxy groups -OCH3 is 1. The van der Waals surface area contributed by atoms with Gasteiger partial charge in [0, 0.05) is 5.56 Å². The summed E-state index contributed by atoms with van der Waals surface area (Å²) in [6, 6.07) is 6.52. The molecule has 0 radical (unpaired) electrons. The molecule has 1 rings (SSSR count). The zero-order valence-electron chi connectivity index (χ0n) is 10.1. The smallest absolute Gasteiger partial charge is 0.314 e. The van der Waals surface area contributed by atoms with Crippen molar-refractivity contribution in [1.82, 2.24) is 0 Å². The summed E-state index contributed by atoms with van der Waals surface area (Å²) < 4.78 is 4.65. The fourth-order valence-electron chi connectivity index (χ4n) is 1.59. The number of aliphatic hydroxyl groups excluding tert-OH is 1. The van der Waals surface area contributed by atoms with Crippen LogP contribution in [0.2, 0.25) is 0 Å². The summed E-state index contributed by atoms with van der Waals surface area (Å²) in [5, 5.41) is 10.2. The number of hydrogen-bond donors (Lipinski definition) is 1. The summed E-state index contributed by atoms with van der Waals surface area (Å²) in [4.78, 5) is 22.2. The van der Waals surface area contributed by atoms with Gasteiger partial charge in [-0.15, -0.1) is 0 Å². The Morgan fingerprint density at radius 1 is 1.47 bits per heavy atom. The third-order valence-electron chi connectivity index (χ3n) is 2.76. The van der Waals surface area contributed by atoms with Crippen molar-refractivity contribution in [1.29, 1.82) is 0 Å². The van der Waals surface area contributed by atoms with E-state index in [1.54, 1.807) is 38.1 Å². The van der Waals surface area contributed by atoms with E-state index in [-0.39, 0.29) is 0 Å². The molecule has 0 heterocycles. The molecule has 0 aliphatic heterocycles. The van der Waals surface area contributed by atoms with Gasteiger partial charge in [0.05, 0.1) is 18.6 Å². The topological polar surface area (TPSA) is 63.6 Å². The molecule has 1 aromatic carbocycles. The van der Waals surface area contributed by atoms with Gasteiger partial charge in [0.15, 0.2) is 0 Å². The Bertz CT molecular complexity index is 423. The first kappa shape index (κ1) is 13.4. The molecule has 4 heteroatoms. The van der Waals surface area contributed by atoms with Gasteiger partial charge in [-0.05, 0) is 25.5 Å². The summed E-state index contributed by atoms with van der Waals surface area (Å²) in [6.07, 6.45) is -0.323. The summed E-state index contributed by atoms with van der Waals surface area (Å²) in [5.41, 5.74) is -0.0804. The fourth-order valence-corrected chi connectivity index (χ4v) is 1.59. The standard InChI is InChI=1S/C13H16O4/c1-13(2,12(16)17-3)11(15)10-6-4-5-9(7-10)8-14/h4-8,11,15H,1-3H3. The third-order valence-corrected chi connectivity index (χ3v) is 2.76.